The fourth-order valence-electron chi connectivity index (χ4n) is 3.40. The van der Waals surface area contributed by atoms with Crippen LogP contribution in [-0.2, 0) is 12.7 Å². The normalized spacial score (nSPS) is 14.4. The van der Waals surface area contributed by atoms with Crippen LogP contribution in [0, 0.1) is 0 Å². The minimum Gasteiger partial charge on any atom is -0.430 e. The second kappa shape index (κ2) is 8.91. The zero-order chi connectivity index (χ0) is 21.0. The summed E-state index contributed by atoms with van der Waals surface area (Å²) in [5.41, 5.74) is 0. The summed E-state index contributed by atoms with van der Waals surface area (Å²) >= 11 is 0. The van der Waals surface area contributed by atoms with E-state index in [0.29, 0.717) is 0 Å². The van der Waals surface area contributed by atoms with Crippen LogP contribution in [0.2, 0.25) is 26.2 Å². The molecule has 0 heterocycles. The number of hydrogen-bond donors (Lipinski definition) is 0. The van der Waals surface area contributed by atoms with Crippen molar-refractivity contribution in [2.45, 2.75) is 26.2 Å². The molecule has 3 nitrogen and oxygen atoms in total. The Morgan fingerprint density at radius 3 is 1.24 bits per heavy atom. The molecule has 0 spiro atoms. The highest BCUT2D eigenvalue weighted by Gasteiger charge is 2.52. The van der Waals surface area contributed by atoms with E-state index in [0.717, 1.165) is 15.6 Å². The largest absolute Gasteiger partial charge is 0.430 e. The average Bonchev–Trinajstić information content (AvgIpc) is 2.74. The van der Waals surface area contributed by atoms with Gasteiger partial charge in [0.2, 0.25) is 0 Å². The summed E-state index contributed by atoms with van der Waals surface area (Å²) in [6, 6.07) is 31.1. The minimum atomic E-state index is -3.02. The molecular formula is C23H30O3Si3. The lowest BCUT2D eigenvalue weighted by Crippen LogP contribution is -2.72. The molecule has 0 aliphatic carbocycles. The van der Waals surface area contributed by atoms with Crippen LogP contribution >= 0.6 is 0 Å². The fraction of sp³-hybridized carbons (Fsp3) is 0.217. The van der Waals surface area contributed by atoms with E-state index in [2.05, 4.69) is 86.9 Å². The summed E-state index contributed by atoms with van der Waals surface area (Å²) in [7, 11) is -5.98. The number of hydrogen-bond acceptors (Lipinski definition) is 3. The van der Waals surface area contributed by atoms with Crippen LogP contribution in [0.15, 0.2) is 91.0 Å². The smallest absolute Gasteiger partial charge is 0.388 e. The Balaban J connectivity index is 2.23. The molecule has 1 atom stereocenters. The van der Waals surface area contributed by atoms with Crippen LogP contribution in [0.5, 0.6) is 0 Å². The Kier molecular flexibility index (Phi) is 6.72. The first-order valence-electron chi connectivity index (χ1n) is 9.91. The molecule has 0 aliphatic heterocycles. The van der Waals surface area contributed by atoms with Crippen molar-refractivity contribution in [1.29, 1.82) is 0 Å². The second-order valence-corrected chi connectivity index (χ2v) is 19.3. The lowest BCUT2D eigenvalue weighted by Gasteiger charge is -2.42. The lowest BCUT2D eigenvalue weighted by atomic mass is 10.4. The predicted octanol–water partition coefficient (Wildman–Crippen LogP) is 3.74. The summed E-state index contributed by atoms with van der Waals surface area (Å²) < 4.78 is 20.3. The van der Waals surface area contributed by atoms with Gasteiger partial charge in [0.05, 0.1) is 0 Å². The topological polar surface area (TPSA) is 27.7 Å². The van der Waals surface area contributed by atoms with Crippen LogP contribution in [0.25, 0.3) is 0 Å². The summed E-state index contributed by atoms with van der Waals surface area (Å²) in [5.74, 6) is 0. The Bertz CT molecular complexity index is 859. The number of benzene rings is 3. The van der Waals surface area contributed by atoms with Gasteiger partial charge in [0.25, 0.3) is 0 Å². The molecular weight excluding hydrogens is 409 g/mol. The average molecular weight is 439 g/mol. The monoisotopic (exact) mass is 438 g/mol. The van der Waals surface area contributed by atoms with Crippen LogP contribution < -0.4 is 15.6 Å². The Hall–Kier alpha value is -1.81. The third-order valence-corrected chi connectivity index (χ3v) is 15.4. The minimum absolute atomic E-state index is 1.10. The van der Waals surface area contributed by atoms with E-state index < -0.39 is 25.4 Å². The van der Waals surface area contributed by atoms with Gasteiger partial charge in [-0.2, -0.15) is 0 Å². The molecule has 0 bridgehead atoms. The van der Waals surface area contributed by atoms with Gasteiger partial charge in [-0.25, -0.2) is 0 Å². The van der Waals surface area contributed by atoms with Crippen molar-refractivity contribution < 1.29 is 12.7 Å². The number of rotatable bonds is 8. The fourth-order valence-corrected chi connectivity index (χ4v) is 14.9. The zero-order valence-electron chi connectivity index (χ0n) is 17.9. The van der Waals surface area contributed by atoms with E-state index in [1.807, 2.05) is 30.3 Å². The van der Waals surface area contributed by atoms with Gasteiger partial charge in [-0.05, 0) is 41.7 Å². The molecule has 152 valence electrons. The molecule has 6 heteroatoms. The van der Waals surface area contributed by atoms with Crippen LogP contribution in [0.4, 0.5) is 0 Å². The van der Waals surface area contributed by atoms with E-state index in [4.69, 9.17) is 12.7 Å². The van der Waals surface area contributed by atoms with Crippen molar-refractivity contribution in [2.24, 2.45) is 0 Å². The van der Waals surface area contributed by atoms with Crippen molar-refractivity contribution in [3.05, 3.63) is 91.0 Å². The first-order valence-corrected chi connectivity index (χ1v) is 17.5. The van der Waals surface area contributed by atoms with Crippen LogP contribution in [-0.4, -0.2) is 32.5 Å². The van der Waals surface area contributed by atoms with Gasteiger partial charge in [0.15, 0.2) is 8.32 Å². The summed E-state index contributed by atoms with van der Waals surface area (Å²) in [6.45, 7) is 8.78. The SMILES string of the molecule is CO[Si](C)(O[Si](O[Si](C)(C)C)(c1ccccc1)c1ccccc1)c1ccccc1. The summed E-state index contributed by atoms with van der Waals surface area (Å²) in [5, 5.41) is 3.33. The molecule has 0 fully saturated rings. The summed E-state index contributed by atoms with van der Waals surface area (Å²) in [4.78, 5) is 0. The van der Waals surface area contributed by atoms with Gasteiger partial charge in [-0.3, -0.25) is 0 Å². The van der Waals surface area contributed by atoms with Crippen molar-refractivity contribution in [3.8, 4) is 0 Å². The Morgan fingerprint density at radius 1 is 0.517 bits per heavy atom. The predicted molar refractivity (Wildman–Crippen MR) is 128 cm³/mol. The molecule has 0 aliphatic rings. The Morgan fingerprint density at radius 2 is 0.897 bits per heavy atom. The molecule has 0 amide bonds. The quantitative estimate of drug-likeness (QED) is 0.502. The first kappa shape index (κ1) is 21.9. The maximum absolute atomic E-state index is 7.18. The highest BCUT2D eigenvalue weighted by molar-refractivity contribution is 7.03. The second-order valence-electron chi connectivity index (χ2n) is 8.18. The standard InChI is InChI=1S/C23H30O3Si3/c1-24-28(5,21-15-9-6-10-16-21)26-29(25-27(2,3)4,22-17-11-7-12-18-22)23-19-13-8-14-20-23/h6-20H,1-5H3. The van der Waals surface area contributed by atoms with Gasteiger partial charge < -0.3 is 12.7 Å². The molecule has 0 saturated heterocycles. The molecule has 3 aromatic rings. The molecule has 0 N–H and O–H groups in total. The van der Waals surface area contributed by atoms with Gasteiger partial charge in [0.1, 0.15) is 0 Å². The van der Waals surface area contributed by atoms with E-state index in [1.54, 1.807) is 7.11 Å². The van der Waals surface area contributed by atoms with E-state index >= 15 is 0 Å². The highest BCUT2D eigenvalue weighted by atomic mass is 28.5. The summed E-state index contributed by atoms with van der Waals surface area (Å²) in [6.07, 6.45) is 0. The van der Waals surface area contributed by atoms with E-state index in [1.165, 1.54) is 0 Å². The molecule has 1 unspecified atom stereocenters. The van der Waals surface area contributed by atoms with Gasteiger partial charge in [-0.15, -0.1) is 0 Å². The molecule has 0 radical (unpaired) electrons. The first-order chi connectivity index (χ1) is 13.8. The van der Waals surface area contributed by atoms with Crippen molar-refractivity contribution in [2.75, 3.05) is 7.11 Å². The van der Waals surface area contributed by atoms with Crippen molar-refractivity contribution in [3.63, 3.8) is 0 Å². The lowest BCUT2D eigenvalue weighted by molar-refractivity contribution is 0.294. The third-order valence-electron chi connectivity index (χ3n) is 4.78. The van der Waals surface area contributed by atoms with Crippen molar-refractivity contribution in [1.82, 2.24) is 0 Å². The van der Waals surface area contributed by atoms with Gasteiger partial charge >= 0.3 is 17.1 Å². The zero-order valence-corrected chi connectivity index (χ0v) is 20.9. The van der Waals surface area contributed by atoms with Crippen LogP contribution in [0.3, 0.4) is 0 Å². The Labute approximate surface area is 177 Å². The molecule has 0 saturated carbocycles. The molecule has 0 aromatic heterocycles. The molecule has 29 heavy (non-hydrogen) atoms. The van der Waals surface area contributed by atoms with E-state index in [9.17, 15) is 0 Å². The molecule has 3 rings (SSSR count). The maximum atomic E-state index is 7.18. The highest BCUT2D eigenvalue weighted by Crippen LogP contribution is 2.22. The van der Waals surface area contributed by atoms with Crippen LogP contribution in [0.1, 0.15) is 0 Å². The van der Waals surface area contributed by atoms with Gasteiger partial charge in [-0.1, -0.05) is 91.0 Å². The van der Waals surface area contributed by atoms with Gasteiger partial charge in [0, 0.05) is 7.11 Å². The molecule has 3 aromatic carbocycles. The third kappa shape index (κ3) is 5.03. The van der Waals surface area contributed by atoms with E-state index in [-0.39, 0.29) is 0 Å². The maximum Gasteiger partial charge on any atom is 0.388 e. The van der Waals surface area contributed by atoms with Crippen molar-refractivity contribution >= 4 is 41.0 Å².